The monoisotopic (exact) mass is 574 g/mol. The number of benzene rings is 3. The fourth-order valence-electron chi connectivity index (χ4n) is 4.42. The zero-order chi connectivity index (χ0) is 30.1. The Hall–Kier alpha value is -4.42. The van der Waals surface area contributed by atoms with E-state index in [4.69, 9.17) is 47.4 Å². The van der Waals surface area contributed by atoms with Gasteiger partial charge in [0, 0.05) is 30.6 Å². The minimum Gasteiger partial charge on any atom is -0.493 e. The number of methoxy groups -OCH3 is 8. The van der Waals surface area contributed by atoms with Crippen LogP contribution in [0.4, 0.5) is 0 Å². The molecule has 0 bridgehead atoms. The molecule has 12 heteroatoms. The Morgan fingerprint density at radius 1 is 0.634 bits per heavy atom. The molecule has 0 aliphatic rings. The Balaban J connectivity index is 2.69. The number of fused-ring (bicyclic) bond motifs is 1. The van der Waals surface area contributed by atoms with E-state index >= 15 is 0 Å². The smallest absolute Gasteiger partial charge is 0.342 e. The molecule has 0 saturated carbocycles. The number of carbonyl (C=O) groups excluding carboxylic acids is 2. The molecule has 222 valence electrons. The molecule has 0 heterocycles. The van der Waals surface area contributed by atoms with Crippen LogP contribution in [0.1, 0.15) is 20.7 Å². The van der Waals surface area contributed by atoms with Crippen LogP contribution in [0, 0.1) is 0 Å². The van der Waals surface area contributed by atoms with Crippen LogP contribution in [-0.2, 0) is 18.9 Å². The summed E-state index contributed by atoms with van der Waals surface area (Å²) < 4.78 is 54.8. The number of rotatable bonds is 14. The molecule has 0 radical (unpaired) electrons. The third kappa shape index (κ3) is 6.03. The van der Waals surface area contributed by atoms with Gasteiger partial charge in [-0.3, -0.25) is 0 Å². The van der Waals surface area contributed by atoms with Gasteiger partial charge in [0.25, 0.3) is 0 Å². The van der Waals surface area contributed by atoms with E-state index in [0.29, 0.717) is 27.8 Å². The van der Waals surface area contributed by atoms with Crippen LogP contribution >= 0.6 is 0 Å². The average molecular weight is 575 g/mol. The Morgan fingerprint density at radius 2 is 1.32 bits per heavy atom. The van der Waals surface area contributed by atoms with Crippen molar-refractivity contribution in [2.45, 2.75) is 0 Å². The van der Waals surface area contributed by atoms with Gasteiger partial charge in [-0.1, -0.05) is 6.07 Å². The van der Waals surface area contributed by atoms with Crippen LogP contribution in [0.3, 0.4) is 0 Å². The van der Waals surface area contributed by atoms with Crippen LogP contribution in [0.15, 0.2) is 24.3 Å². The Labute approximate surface area is 237 Å². The van der Waals surface area contributed by atoms with Gasteiger partial charge in [0.15, 0.2) is 29.8 Å². The van der Waals surface area contributed by atoms with Crippen molar-refractivity contribution in [3.05, 3.63) is 35.4 Å². The van der Waals surface area contributed by atoms with Crippen molar-refractivity contribution in [2.24, 2.45) is 0 Å². The third-order valence-corrected chi connectivity index (χ3v) is 6.16. The maximum atomic E-state index is 13.7. The van der Waals surface area contributed by atoms with Crippen LogP contribution in [0.2, 0.25) is 0 Å². The summed E-state index contributed by atoms with van der Waals surface area (Å²) in [6, 6.07) is 6.64. The average Bonchev–Trinajstić information content (AvgIpc) is 3.00. The Bertz CT molecular complexity index is 1400. The van der Waals surface area contributed by atoms with Crippen molar-refractivity contribution in [1.82, 2.24) is 0 Å². The van der Waals surface area contributed by atoms with Crippen LogP contribution in [0.5, 0.6) is 34.5 Å². The van der Waals surface area contributed by atoms with E-state index in [1.165, 1.54) is 56.9 Å². The Morgan fingerprint density at radius 3 is 1.88 bits per heavy atom. The van der Waals surface area contributed by atoms with E-state index < -0.39 is 11.9 Å². The lowest BCUT2D eigenvalue weighted by atomic mass is 9.87. The molecule has 41 heavy (non-hydrogen) atoms. The van der Waals surface area contributed by atoms with Crippen molar-refractivity contribution in [3.63, 3.8) is 0 Å². The quantitative estimate of drug-likeness (QED) is 0.156. The van der Waals surface area contributed by atoms with E-state index in [0.717, 1.165) is 0 Å². The summed E-state index contributed by atoms with van der Waals surface area (Å²) >= 11 is 0. The van der Waals surface area contributed by atoms with Crippen LogP contribution < -0.4 is 28.4 Å². The lowest BCUT2D eigenvalue weighted by Crippen LogP contribution is -2.19. The summed E-state index contributed by atoms with van der Waals surface area (Å²) in [6.07, 6.45) is 0. The minimum absolute atomic E-state index is 0.0202. The molecule has 0 saturated heterocycles. The summed E-state index contributed by atoms with van der Waals surface area (Å²) in [7, 11) is 11.4. The molecule has 3 aromatic rings. The van der Waals surface area contributed by atoms with Gasteiger partial charge < -0.3 is 47.4 Å². The molecule has 0 aromatic heterocycles. The van der Waals surface area contributed by atoms with Gasteiger partial charge >= 0.3 is 11.9 Å². The third-order valence-electron chi connectivity index (χ3n) is 6.16. The predicted octanol–water partition coefficient (Wildman–Crippen LogP) is 4.12. The highest BCUT2D eigenvalue weighted by Crippen LogP contribution is 2.53. The fourth-order valence-corrected chi connectivity index (χ4v) is 4.42. The van der Waals surface area contributed by atoms with Crippen molar-refractivity contribution in [3.8, 4) is 45.6 Å². The summed E-state index contributed by atoms with van der Waals surface area (Å²) in [5.41, 5.74) is 0.375. The SMILES string of the molecule is COCCOC(=O)c1c(C(=O)OC)c(-c2ccc(OC)c(OC)c2)c2c(OC)c(OC)c(OC)cc2c1OCOC. The summed E-state index contributed by atoms with van der Waals surface area (Å²) in [5, 5.41) is 0.699. The molecule has 0 amide bonds. The van der Waals surface area contributed by atoms with Crippen molar-refractivity contribution < 1.29 is 57.0 Å². The standard InChI is InChI=1S/C29H34O12/c1-32-11-12-40-29(31)24-23(28(30)39-8)21(16-9-10-18(34-3)19(13-16)35-4)22-17(25(24)41-15-33-2)14-20(36-5)26(37-6)27(22)38-7/h9-10,13-14H,11-12,15H2,1-8H3. The van der Waals surface area contributed by atoms with Crippen molar-refractivity contribution >= 4 is 22.7 Å². The first-order valence-corrected chi connectivity index (χ1v) is 12.3. The summed E-state index contributed by atoms with van der Waals surface area (Å²) in [4.78, 5) is 27.3. The molecule has 12 nitrogen and oxygen atoms in total. The Kier molecular flexibility index (Phi) is 10.8. The zero-order valence-corrected chi connectivity index (χ0v) is 24.3. The van der Waals surface area contributed by atoms with E-state index in [1.54, 1.807) is 24.3 Å². The summed E-state index contributed by atoms with van der Waals surface area (Å²) in [6.45, 7) is -0.221. The van der Waals surface area contributed by atoms with E-state index in [-0.39, 0.29) is 59.7 Å². The highest BCUT2D eigenvalue weighted by molar-refractivity contribution is 6.20. The largest absolute Gasteiger partial charge is 0.493 e. The maximum Gasteiger partial charge on any atom is 0.342 e. The van der Waals surface area contributed by atoms with E-state index in [1.807, 2.05) is 0 Å². The van der Waals surface area contributed by atoms with Gasteiger partial charge in [-0.2, -0.15) is 0 Å². The van der Waals surface area contributed by atoms with Gasteiger partial charge in [0.2, 0.25) is 5.75 Å². The number of hydrogen-bond donors (Lipinski definition) is 0. The second-order valence-electron chi connectivity index (χ2n) is 8.26. The first-order valence-electron chi connectivity index (χ1n) is 12.3. The number of ether oxygens (including phenoxy) is 10. The number of carbonyl (C=O) groups is 2. The van der Waals surface area contributed by atoms with Crippen LogP contribution in [-0.4, -0.2) is 88.8 Å². The molecule has 3 aromatic carbocycles. The normalized spacial score (nSPS) is 10.6. The highest BCUT2D eigenvalue weighted by Gasteiger charge is 2.35. The molecular weight excluding hydrogens is 540 g/mol. The molecule has 0 unspecified atom stereocenters. The fraction of sp³-hybridized carbons (Fsp3) is 0.379. The zero-order valence-electron chi connectivity index (χ0n) is 24.3. The molecule has 0 aliphatic heterocycles. The molecular formula is C29H34O12. The lowest BCUT2D eigenvalue weighted by Gasteiger charge is -2.24. The second-order valence-corrected chi connectivity index (χ2v) is 8.26. The lowest BCUT2D eigenvalue weighted by molar-refractivity contribution is 0.0343. The maximum absolute atomic E-state index is 13.7. The first-order chi connectivity index (χ1) is 19.9. The first kappa shape index (κ1) is 31.1. The predicted molar refractivity (Wildman–Crippen MR) is 148 cm³/mol. The van der Waals surface area contributed by atoms with E-state index in [2.05, 4.69) is 0 Å². The summed E-state index contributed by atoms with van der Waals surface area (Å²) in [5.74, 6) is -0.162. The molecule has 0 N–H and O–H groups in total. The second kappa shape index (κ2) is 14.3. The van der Waals surface area contributed by atoms with Crippen molar-refractivity contribution in [2.75, 3.05) is 76.9 Å². The van der Waals surface area contributed by atoms with Gasteiger partial charge in [0.05, 0.1) is 54.8 Å². The van der Waals surface area contributed by atoms with Crippen LogP contribution in [0.25, 0.3) is 21.9 Å². The molecule has 0 aliphatic carbocycles. The number of esters is 2. The van der Waals surface area contributed by atoms with Gasteiger partial charge in [-0.25, -0.2) is 9.59 Å². The van der Waals surface area contributed by atoms with Gasteiger partial charge in [-0.05, 0) is 23.8 Å². The molecule has 3 rings (SSSR count). The molecule has 0 fully saturated rings. The van der Waals surface area contributed by atoms with Gasteiger partial charge in [-0.15, -0.1) is 0 Å². The van der Waals surface area contributed by atoms with Crippen molar-refractivity contribution in [1.29, 1.82) is 0 Å². The highest BCUT2D eigenvalue weighted by atomic mass is 16.7. The molecule has 0 spiro atoms. The minimum atomic E-state index is -0.856. The topological polar surface area (TPSA) is 126 Å². The van der Waals surface area contributed by atoms with E-state index in [9.17, 15) is 9.59 Å². The molecule has 0 atom stereocenters. The van der Waals surface area contributed by atoms with Gasteiger partial charge in [0.1, 0.15) is 17.9 Å². The number of hydrogen-bond acceptors (Lipinski definition) is 12.